The fourth-order valence-electron chi connectivity index (χ4n) is 3.45. The second-order valence-corrected chi connectivity index (χ2v) is 11.6. The lowest BCUT2D eigenvalue weighted by Gasteiger charge is -2.31. The van der Waals surface area contributed by atoms with Gasteiger partial charge in [0, 0.05) is 6.42 Å². The number of carbonyl (C=O) groups excluding carboxylic acids is 4. The Morgan fingerprint density at radius 3 is 2.02 bits per heavy atom. The molecule has 0 heterocycles. The molecular weight excluding hydrogens is 554 g/mol. The van der Waals surface area contributed by atoms with E-state index < -0.39 is 72.3 Å². The first-order valence-electron chi connectivity index (χ1n) is 12.9. The minimum absolute atomic E-state index is 0.0688. The Bertz CT molecular complexity index is 1090. The van der Waals surface area contributed by atoms with E-state index in [1.165, 1.54) is 0 Å². The van der Waals surface area contributed by atoms with Gasteiger partial charge in [-0.3, -0.25) is 24.5 Å². The van der Waals surface area contributed by atoms with Crippen LogP contribution in [-0.2, 0) is 35.1 Å². The van der Waals surface area contributed by atoms with Crippen molar-refractivity contribution >= 4 is 47.1 Å². The van der Waals surface area contributed by atoms with E-state index in [0.717, 1.165) is 5.56 Å². The van der Waals surface area contributed by atoms with Crippen LogP contribution in [0, 0.1) is 0 Å². The van der Waals surface area contributed by atoms with Crippen molar-refractivity contribution in [3.05, 3.63) is 35.9 Å². The van der Waals surface area contributed by atoms with Gasteiger partial charge in [0.2, 0.25) is 17.7 Å². The summed E-state index contributed by atoms with van der Waals surface area (Å²) in [5.41, 5.74) is -0.704. The number of aliphatic carboxylic acids is 1. The average molecular weight is 596 g/mol. The van der Waals surface area contributed by atoms with Crippen molar-refractivity contribution in [2.45, 2.75) is 84.3 Å². The lowest BCUT2D eigenvalue weighted by molar-refractivity contribution is -0.140. The number of hydrogen-bond donors (Lipinski definition) is 6. The lowest BCUT2D eigenvalue weighted by Crippen LogP contribution is -2.59. The maximum absolute atomic E-state index is 13.4. The smallest absolute Gasteiger partial charge is 0.413 e. The van der Waals surface area contributed by atoms with Gasteiger partial charge in [-0.2, -0.15) is 0 Å². The summed E-state index contributed by atoms with van der Waals surface area (Å²) in [6.45, 7) is 10.9. The number of thiocarbonyl (C=S) groups is 1. The number of hydrogen-bond acceptors (Lipinski definition) is 8. The number of nitrogens with one attached hydrogen (secondary N) is 5. The topological polar surface area (TPSA) is 184 Å². The van der Waals surface area contributed by atoms with E-state index in [4.69, 9.17) is 26.8 Å². The maximum atomic E-state index is 13.4. The molecule has 6 N–H and O–H groups in total. The van der Waals surface area contributed by atoms with Gasteiger partial charge in [0.05, 0.1) is 18.2 Å². The molecule has 228 valence electrons. The van der Waals surface area contributed by atoms with Crippen LogP contribution >= 0.6 is 12.2 Å². The molecule has 0 spiro atoms. The van der Waals surface area contributed by atoms with Crippen molar-refractivity contribution in [1.82, 2.24) is 26.6 Å². The van der Waals surface area contributed by atoms with Crippen LogP contribution in [0.15, 0.2) is 30.3 Å². The van der Waals surface area contributed by atoms with Crippen LogP contribution in [0.1, 0.15) is 54.0 Å². The van der Waals surface area contributed by atoms with E-state index in [0.29, 0.717) is 0 Å². The third-order valence-corrected chi connectivity index (χ3v) is 5.21. The molecule has 0 unspecified atom stereocenters. The van der Waals surface area contributed by atoms with E-state index in [2.05, 4.69) is 26.6 Å². The Kier molecular flexibility index (Phi) is 13.6. The molecule has 14 heteroatoms. The van der Waals surface area contributed by atoms with Crippen LogP contribution in [0.4, 0.5) is 4.79 Å². The van der Waals surface area contributed by atoms with Gasteiger partial charge >= 0.3 is 12.1 Å². The number of benzene rings is 1. The molecule has 0 saturated heterocycles. The molecule has 1 rings (SSSR count). The van der Waals surface area contributed by atoms with Crippen LogP contribution in [0.3, 0.4) is 0 Å². The lowest BCUT2D eigenvalue weighted by atomic mass is 10.0. The number of carboxylic acids is 1. The van der Waals surface area contributed by atoms with Gasteiger partial charge in [0.25, 0.3) is 0 Å². The molecule has 4 amide bonds. The van der Waals surface area contributed by atoms with Crippen molar-refractivity contribution in [3.63, 3.8) is 0 Å². The first-order valence-corrected chi connectivity index (χ1v) is 13.4. The first kappa shape index (κ1) is 35.2. The third-order valence-electron chi connectivity index (χ3n) is 4.96. The minimum atomic E-state index is -1.25. The van der Waals surface area contributed by atoms with Gasteiger partial charge in [-0.15, -0.1) is 0 Å². The zero-order valence-corrected chi connectivity index (χ0v) is 25.3. The standard InChI is InChI=1S/C27H41N5O8S/c1-16(39-26(2,3)4)21(31-19(33)14-29-24(41)32-25(38)40-27(5,6)7)23(37)30-18(22(36)28-15-20(34)35)13-17-11-9-8-10-12-17/h8-12,16,18,21H,13-15H2,1-7H3,(H,28,36)(H,30,37)(H,31,33)(H,34,35)(H2,29,32,38,41)/t16-,18+,21+/m1/s1. The van der Waals surface area contributed by atoms with Crippen LogP contribution in [0.25, 0.3) is 0 Å². The van der Waals surface area contributed by atoms with E-state index in [9.17, 15) is 24.0 Å². The molecule has 0 bridgehead atoms. The molecule has 0 aromatic heterocycles. The summed E-state index contributed by atoms with van der Waals surface area (Å²) in [6, 6.07) is 6.45. The van der Waals surface area contributed by atoms with Crippen LogP contribution in [0.2, 0.25) is 0 Å². The zero-order valence-electron chi connectivity index (χ0n) is 24.5. The van der Waals surface area contributed by atoms with Crippen molar-refractivity contribution < 1.29 is 38.6 Å². The molecule has 0 fully saturated rings. The van der Waals surface area contributed by atoms with Gasteiger partial charge in [-0.1, -0.05) is 30.3 Å². The Morgan fingerprint density at radius 1 is 0.878 bits per heavy atom. The summed E-state index contributed by atoms with van der Waals surface area (Å²) in [6.07, 6.45) is -1.57. The highest BCUT2D eigenvalue weighted by molar-refractivity contribution is 7.80. The Morgan fingerprint density at radius 2 is 1.49 bits per heavy atom. The Labute approximate surface area is 245 Å². The van der Waals surface area contributed by atoms with Crippen molar-refractivity contribution in [3.8, 4) is 0 Å². The van der Waals surface area contributed by atoms with Crippen molar-refractivity contribution in [2.75, 3.05) is 13.1 Å². The fraction of sp³-hybridized carbons (Fsp3) is 0.556. The number of ether oxygens (including phenoxy) is 2. The van der Waals surface area contributed by atoms with Crippen LogP contribution in [0.5, 0.6) is 0 Å². The van der Waals surface area contributed by atoms with E-state index >= 15 is 0 Å². The van der Waals surface area contributed by atoms with Crippen LogP contribution < -0.4 is 26.6 Å². The number of alkyl carbamates (subject to hydrolysis) is 1. The Hall–Kier alpha value is -3.78. The third kappa shape index (κ3) is 15.6. The van der Waals surface area contributed by atoms with Gasteiger partial charge in [0.15, 0.2) is 5.11 Å². The average Bonchev–Trinajstić information content (AvgIpc) is 2.82. The molecule has 41 heavy (non-hydrogen) atoms. The number of rotatable bonds is 12. The zero-order chi connectivity index (χ0) is 31.4. The maximum Gasteiger partial charge on any atom is 0.413 e. The number of carbonyl (C=O) groups is 5. The Balaban J connectivity index is 3.02. The summed E-state index contributed by atoms with van der Waals surface area (Å²) >= 11 is 5.02. The van der Waals surface area contributed by atoms with Crippen LogP contribution in [-0.4, -0.2) is 82.5 Å². The first-order chi connectivity index (χ1) is 18.9. The summed E-state index contributed by atoms with van der Waals surface area (Å²) in [5, 5.41) is 21.1. The molecule has 0 saturated carbocycles. The molecule has 0 aliphatic carbocycles. The number of amides is 4. The molecule has 1 aromatic rings. The van der Waals surface area contributed by atoms with Gasteiger partial charge in [-0.05, 0) is 66.2 Å². The minimum Gasteiger partial charge on any atom is -0.480 e. The van der Waals surface area contributed by atoms with Gasteiger partial charge in [-0.25, -0.2) is 4.79 Å². The second-order valence-electron chi connectivity index (χ2n) is 11.2. The highest BCUT2D eigenvalue weighted by atomic mass is 32.1. The fourth-order valence-corrected chi connectivity index (χ4v) is 3.61. The number of carboxylic acid groups (broad SMARTS) is 1. The summed E-state index contributed by atoms with van der Waals surface area (Å²) in [5.74, 6) is -3.33. The quantitative estimate of drug-likeness (QED) is 0.191. The van der Waals surface area contributed by atoms with E-state index in [1.807, 2.05) is 0 Å². The summed E-state index contributed by atoms with van der Waals surface area (Å²) in [4.78, 5) is 61.9. The van der Waals surface area contributed by atoms with Crippen molar-refractivity contribution in [1.29, 1.82) is 0 Å². The van der Waals surface area contributed by atoms with Crippen molar-refractivity contribution in [2.24, 2.45) is 0 Å². The summed E-state index contributed by atoms with van der Waals surface area (Å²) in [7, 11) is 0. The molecular formula is C27H41N5O8S. The van der Waals surface area contributed by atoms with E-state index in [1.54, 1.807) is 78.8 Å². The van der Waals surface area contributed by atoms with Gasteiger partial charge in [0.1, 0.15) is 24.2 Å². The highest BCUT2D eigenvalue weighted by Crippen LogP contribution is 2.14. The second kappa shape index (κ2) is 15.9. The molecule has 3 atom stereocenters. The molecule has 0 aliphatic heterocycles. The normalized spacial score (nSPS) is 13.5. The highest BCUT2D eigenvalue weighted by Gasteiger charge is 2.33. The predicted octanol–water partition coefficient (Wildman–Crippen LogP) is 1.00. The molecule has 13 nitrogen and oxygen atoms in total. The monoisotopic (exact) mass is 595 g/mol. The molecule has 0 aliphatic rings. The van der Waals surface area contributed by atoms with E-state index in [-0.39, 0.29) is 11.5 Å². The predicted molar refractivity (Wildman–Crippen MR) is 155 cm³/mol. The summed E-state index contributed by atoms with van der Waals surface area (Å²) < 4.78 is 11.0. The molecule has 1 aromatic carbocycles. The largest absolute Gasteiger partial charge is 0.480 e. The van der Waals surface area contributed by atoms with Gasteiger partial charge < -0.3 is 35.8 Å². The molecule has 0 radical (unpaired) electrons. The SMILES string of the molecule is C[C@@H](OC(C)(C)C)[C@H](NC(=O)CNC(=S)NC(=O)OC(C)(C)C)C(=O)N[C@@H](Cc1ccccc1)C(=O)NCC(=O)O.